The normalized spacial score (nSPS) is 11.1. The largest absolute Gasteiger partial charge is 0.378 e. The van der Waals surface area contributed by atoms with Crippen molar-refractivity contribution in [2.75, 3.05) is 17.7 Å². The van der Waals surface area contributed by atoms with Crippen LogP contribution < -0.4 is 16.1 Å². The zero-order valence-electron chi connectivity index (χ0n) is 16.9. The topological polar surface area (TPSA) is 140 Å². The van der Waals surface area contributed by atoms with Crippen molar-refractivity contribution < 1.29 is 9.42 Å². The maximum atomic E-state index is 12.8. The van der Waals surface area contributed by atoms with Crippen molar-refractivity contribution in [1.82, 2.24) is 30.7 Å². The second kappa shape index (κ2) is 9.27. The van der Waals surface area contributed by atoms with E-state index in [0.29, 0.717) is 10.7 Å². The third-order valence-electron chi connectivity index (χ3n) is 4.51. The molecular weight excluding hydrogens is 434 g/mol. The summed E-state index contributed by atoms with van der Waals surface area (Å²) in [5.41, 5.74) is 10.5. The van der Waals surface area contributed by atoms with Gasteiger partial charge in [-0.3, -0.25) is 4.79 Å². The van der Waals surface area contributed by atoms with Crippen molar-refractivity contribution in [2.45, 2.75) is 6.54 Å². The predicted molar refractivity (Wildman–Crippen MR) is 119 cm³/mol. The van der Waals surface area contributed by atoms with Gasteiger partial charge in [0.25, 0.3) is 5.91 Å². The number of carbonyl (C=O) groups excluding carboxylic acids is 1. The summed E-state index contributed by atoms with van der Waals surface area (Å²) in [4.78, 5) is 14.7. The van der Waals surface area contributed by atoms with Gasteiger partial charge in [0.05, 0.1) is 18.5 Å². The Kier molecular flexibility index (Phi) is 6.08. The first-order chi connectivity index (χ1) is 15.5. The molecule has 3 N–H and O–H groups in total. The molecule has 0 unspecified atom stereocenters. The molecule has 2 aromatic heterocycles. The Morgan fingerprint density at radius 1 is 1.22 bits per heavy atom. The number of nitrogens with one attached hydrogen (secondary N) is 1. The van der Waals surface area contributed by atoms with Crippen LogP contribution in [0.1, 0.15) is 21.7 Å². The van der Waals surface area contributed by atoms with Gasteiger partial charge in [-0.15, -0.1) is 5.10 Å². The van der Waals surface area contributed by atoms with E-state index in [4.69, 9.17) is 17.3 Å². The lowest BCUT2D eigenvalue weighted by atomic mass is 10.2. The Balaban J connectivity index is 1.61. The van der Waals surface area contributed by atoms with Gasteiger partial charge >= 0.3 is 0 Å². The first kappa shape index (κ1) is 21.0. The molecule has 4 rings (SSSR count). The highest BCUT2D eigenvalue weighted by atomic mass is 35.5. The van der Waals surface area contributed by atoms with Crippen molar-refractivity contribution in [2.24, 2.45) is 5.10 Å². The van der Waals surface area contributed by atoms with E-state index in [0.717, 1.165) is 11.3 Å². The van der Waals surface area contributed by atoms with Crippen LogP contribution in [0.25, 0.3) is 5.82 Å². The number of hydrazone groups is 1. The summed E-state index contributed by atoms with van der Waals surface area (Å²) in [6.07, 6.45) is 1.49. The summed E-state index contributed by atoms with van der Waals surface area (Å²) in [7, 11) is 1.87. The van der Waals surface area contributed by atoms with Gasteiger partial charge in [-0.25, -0.2) is 10.1 Å². The highest BCUT2D eigenvalue weighted by Gasteiger charge is 2.25. The number of carbonyl (C=O) groups is 1. The first-order valence-electron chi connectivity index (χ1n) is 9.41. The van der Waals surface area contributed by atoms with Gasteiger partial charge in [0.15, 0.2) is 5.69 Å². The first-order valence-corrected chi connectivity index (χ1v) is 9.79. The van der Waals surface area contributed by atoms with E-state index in [1.165, 1.54) is 10.9 Å². The Labute approximate surface area is 187 Å². The van der Waals surface area contributed by atoms with Crippen molar-refractivity contribution in [1.29, 1.82) is 0 Å². The average Bonchev–Trinajstić information content (AvgIpc) is 3.41. The summed E-state index contributed by atoms with van der Waals surface area (Å²) in [5.74, 6) is -0.392. The molecule has 11 nitrogen and oxygen atoms in total. The molecular formula is C20H18ClN9O2. The van der Waals surface area contributed by atoms with Crippen molar-refractivity contribution in [3.63, 3.8) is 0 Å². The predicted octanol–water partition coefficient (Wildman–Crippen LogP) is 2.29. The molecule has 12 heteroatoms. The Bertz CT molecular complexity index is 1240. The molecule has 0 radical (unpaired) electrons. The molecule has 0 saturated carbocycles. The average molecular weight is 452 g/mol. The lowest BCUT2D eigenvalue weighted by molar-refractivity contribution is 0.0949. The van der Waals surface area contributed by atoms with E-state index in [9.17, 15) is 4.79 Å². The smallest absolute Gasteiger partial charge is 0.293 e. The molecule has 162 valence electrons. The number of rotatable bonds is 7. The second-order valence-electron chi connectivity index (χ2n) is 6.71. The fourth-order valence-corrected chi connectivity index (χ4v) is 3.02. The maximum Gasteiger partial charge on any atom is 0.293 e. The Morgan fingerprint density at radius 2 is 1.97 bits per heavy atom. The summed E-state index contributed by atoms with van der Waals surface area (Å²) >= 11 is 5.87. The zero-order chi connectivity index (χ0) is 22.5. The molecule has 0 saturated heterocycles. The van der Waals surface area contributed by atoms with Gasteiger partial charge < -0.3 is 10.6 Å². The molecule has 1 amide bonds. The van der Waals surface area contributed by atoms with E-state index >= 15 is 0 Å². The molecule has 0 atom stereocenters. The SMILES string of the molecule is CN(Cc1c(C(=O)N/N=C\c2ccc(Cl)cc2)nnn1-c1nonc1N)c1ccccc1. The number of halogens is 1. The van der Waals surface area contributed by atoms with Crippen LogP contribution in [-0.2, 0) is 6.54 Å². The quantitative estimate of drug-likeness (QED) is 0.322. The number of nitrogens with two attached hydrogens (primary N) is 1. The lowest BCUT2D eigenvalue weighted by Crippen LogP contribution is -2.24. The van der Waals surface area contributed by atoms with E-state index in [1.807, 2.05) is 42.3 Å². The molecule has 0 aliphatic rings. The molecule has 0 bridgehead atoms. The van der Waals surface area contributed by atoms with E-state index in [1.54, 1.807) is 24.3 Å². The molecule has 0 aliphatic carbocycles. The van der Waals surface area contributed by atoms with Crippen LogP contribution in [0.5, 0.6) is 0 Å². The molecule has 2 heterocycles. The van der Waals surface area contributed by atoms with Crippen molar-refractivity contribution in [3.8, 4) is 5.82 Å². The number of amides is 1. The van der Waals surface area contributed by atoms with Crippen LogP contribution in [0.4, 0.5) is 11.5 Å². The monoisotopic (exact) mass is 451 g/mol. The molecule has 0 fully saturated rings. The molecule has 4 aromatic rings. The molecule has 2 aromatic carbocycles. The number of hydrogen-bond acceptors (Lipinski definition) is 9. The van der Waals surface area contributed by atoms with Crippen LogP contribution in [0.15, 0.2) is 64.3 Å². The number of nitrogens with zero attached hydrogens (tertiary/aromatic N) is 7. The molecule has 0 aliphatic heterocycles. The minimum atomic E-state index is -0.548. The summed E-state index contributed by atoms with van der Waals surface area (Å²) in [5, 5.41) is 20.0. The minimum absolute atomic E-state index is 0.0197. The highest BCUT2D eigenvalue weighted by Crippen LogP contribution is 2.20. The number of para-hydroxylation sites is 1. The number of aromatic nitrogens is 5. The van der Waals surface area contributed by atoms with Crippen LogP contribution in [0, 0.1) is 0 Å². The summed E-state index contributed by atoms with van der Waals surface area (Å²) in [6, 6.07) is 16.6. The number of hydrogen-bond donors (Lipinski definition) is 2. The molecule has 32 heavy (non-hydrogen) atoms. The zero-order valence-corrected chi connectivity index (χ0v) is 17.6. The minimum Gasteiger partial charge on any atom is -0.378 e. The number of benzene rings is 2. The van der Waals surface area contributed by atoms with Gasteiger partial charge in [0.1, 0.15) is 0 Å². The number of nitrogen functional groups attached to an aromatic ring is 1. The highest BCUT2D eigenvalue weighted by molar-refractivity contribution is 6.30. The number of anilines is 2. The van der Waals surface area contributed by atoms with Gasteiger partial charge in [0, 0.05) is 17.8 Å². The maximum absolute atomic E-state index is 12.8. The van der Waals surface area contributed by atoms with Crippen LogP contribution in [0.3, 0.4) is 0 Å². The van der Waals surface area contributed by atoms with Gasteiger partial charge in [0.2, 0.25) is 11.6 Å². The van der Waals surface area contributed by atoms with Gasteiger partial charge in [-0.2, -0.15) is 9.78 Å². The fraction of sp³-hybridized carbons (Fsp3) is 0.100. The van der Waals surface area contributed by atoms with E-state index in [2.05, 4.69) is 35.8 Å². The molecule has 0 spiro atoms. The fourth-order valence-electron chi connectivity index (χ4n) is 2.89. The third-order valence-corrected chi connectivity index (χ3v) is 4.76. The van der Waals surface area contributed by atoms with Crippen LogP contribution >= 0.6 is 11.6 Å². The Hall–Kier alpha value is -4.25. The van der Waals surface area contributed by atoms with Crippen LogP contribution in [0.2, 0.25) is 5.02 Å². The van der Waals surface area contributed by atoms with Crippen molar-refractivity contribution >= 4 is 35.2 Å². The van der Waals surface area contributed by atoms with E-state index < -0.39 is 5.91 Å². The summed E-state index contributed by atoms with van der Waals surface area (Å²) in [6.45, 7) is 0.271. The van der Waals surface area contributed by atoms with Gasteiger partial charge in [-0.1, -0.05) is 47.1 Å². The second-order valence-corrected chi connectivity index (χ2v) is 7.15. The Morgan fingerprint density at radius 3 is 2.66 bits per heavy atom. The standard InChI is InChI=1S/C20H18ClN9O2/c1-29(15-5-3-2-4-6-15)12-16-17(24-28-30(16)19-18(22)26-32-27-19)20(31)25-23-11-13-7-9-14(21)10-8-13/h2-11H,12H2,1H3,(H2,22,26)(H,25,31)/b23-11-. The van der Waals surface area contributed by atoms with Gasteiger partial charge in [-0.05, 0) is 40.1 Å². The van der Waals surface area contributed by atoms with Crippen molar-refractivity contribution in [3.05, 3.63) is 76.6 Å². The van der Waals surface area contributed by atoms with E-state index in [-0.39, 0.29) is 23.9 Å². The summed E-state index contributed by atoms with van der Waals surface area (Å²) < 4.78 is 6.00. The van der Waals surface area contributed by atoms with Crippen LogP contribution in [-0.4, -0.2) is 44.5 Å². The third kappa shape index (κ3) is 4.57. The lowest BCUT2D eigenvalue weighted by Gasteiger charge is -2.19.